The first-order valence-electron chi connectivity index (χ1n) is 4.79. The first-order valence-corrected chi connectivity index (χ1v) is 4.79. The topological polar surface area (TPSA) is 37.3 Å². The predicted octanol–water partition coefficient (Wildman–Crippen LogP) is 1.52. The van der Waals surface area contributed by atoms with Crippen LogP contribution >= 0.6 is 0 Å². The minimum absolute atomic E-state index is 0.113. The van der Waals surface area contributed by atoms with E-state index in [1.54, 1.807) is 6.92 Å². The molecule has 0 radical (unpaired) electrons. The summed E-state index contributed by atoms with van der Waals surface area (Å²) < 4.78 is 0. The van der Waals surface area contributed by atoms with E-state index in [9.17, 15) is 9.90 Å². The van der Waals surface area contributed by atoms with E-state index in [0.717, 1.165) is 25.7 Å². The number of Topliss-reactive ketones (excluding diaryl/α,β-unsaturated/α-hetero) is 1. The maximum Gasteiger partial charge on any atom is 0.130 e. The Morgan fingerprint density at radius 2 is 2.33 bits per heavy atom. The molecule has 3 atom stereocenters. The van der Waals surface area contributed by atoms with Crippen molar-refractivity contribution in [2.45, 2.75) is 45.1 Å². The minimum atomic E-state index is -0.113. The Labute approximate surface area is 73.0 Å². The minimum Gasteiger partial charge on any atom is -0.393 e. The molecule has 0 aromatic heterocycles. The van der Waals surface area contributed by atoms with Crippen LogP contribution in [0.3, 0.4) is 0 Å². The van der Waals surface area contributed by atoms with Crippen molar-refractivity contribution in [2.75, 3.05) is 0 Å². The quantitative estimate of drug-likeness (QED) is 0.678. The van der Waals surface area contributed by atoms with E-state index in [-0.39, 0.29) is 17.3 Å². The average molecular weight is 168 g/mol. The smallest absolute Gasteiger partial charge is 0.130 e. The molecule has 2 saturated carbocycles. The molecule has 12 heavy (non-hydrogen) atoms. The van der Waals surface area contributed by atoms with E-state index in [2.05, 4.69) is 0 Å². The number of hydrogen-bond acceptors (Lipinski definition) is 2. The van der Waals surface area contributed by atoms with E-state index in [1.807, 2.05) is 0 Å². The van der Waals surface area contributed by atoms with Crippen molar-refractivity contribution in [3.63, 3.8) is 0 Å². The number of fused-ring (bicyclic) bond motifs is 2. The Kier molecular flexibility index (Phi) is 1.76. The second kappa shape index (κ2) is 2.56. The Morgan fingerprint density at radius 1 is 1.58 bits per heavy atom. The van der Waals surface area contributed by atoms with E-state index >= 15 is 0 Å². The van der Waals surface area contributed by atoms with Gasteiger partial charge in [-0.25, -0.2) is 0 Å². The third-order valence-electron chi connectivity index (χ3n) is 3.55. The van der Waals surface area contributed by atoms with Gasteiger partial charge in [0.25, 0.3) is 0 Å². The van der Waals surface area contributed by atoms with Gasteiger partial charge in [-0.2, -0.15) is 0 Å². The fourth-order valence-corrected chi connectivity index (χ4v) is 3.14. The van der Waals surface area contributed by atoms with Crippen LogP contribution in [-0.4, -0.2) is 17.0 Å². The monoisotopic (exact) mass is 168 g/mol. The van der Waals surface area contributed by atoms with Gasteiger partial charge in [0.2, 0.25) is 0 Å². The molecule has 2 aliphatic carbocycles. The molecule has 2 bridgehead atoms. The first kappa shape index (κ1) is 8.24. The summed E-state index contributed by atoms with van der Waals surface area (Å²) in [5.74, 6) is 0.786. The lowest BCUT2D eigenvalue weighted by Crippen LogP contribution is -2.23. The summed E-state index contributed by atoms with van der Waals surface area (Å²) in [7, 11) is 0. The number of ketones is 1. The summed E-state index contributed by atoms with van der Waals surface area (Å²) in [5, 5.41) is 9.59. The number of aliphatic hydroxyl groups excluding tert-OH is 1. The second-order valence-electron chi connectivity index (χ2n) is 4.65. The summed E-state index contributed by atoms with van der Waals surface area (Å²) in [4.78, 5) is 11.0. The molecular weight excluding hydrogens is 152 g/mol. The highest BCUT2D eigenvalue weighted by atomic mass is 16.3. The molecular formula is C10H16O2. The molecule has 2 fully saturated rings. The molecule has 0 aromatic carbocycles. The molecule has 0 aliphatic heterocycles. The van der Waals surface area contributed by atoms with E-state index in [1.165, 1.54) is 0 Å². The van der Waals surface area contributed by atoms with Crippen LogP contribution in [0.15, 0.2) is 0 Å². The Morgan fingerprint density at radius 3 is 2.75 bits per heavy atom. The van der Waals surface area contributed by atoms with Gasteiger partial charge >= 0.3 is 0 Å². The largest absolute Gasteiger partial charge is 0.393 e. The SMILES string of the molecule is CC(=O)CC12CCC(C1)C(O)C2. The molecule has 3 unspecified atom stereocenters. The molecule has 0 heterocycles. The zero-order chi connectivity index (χ0) is 8.77. The summed E-state index contributed by atoms with van der Waals surface area (Å²) >= 11 is 0. The maximum atomic E-state index is 11.0. The Balaban J connectivity index is 2.08. The predicted molar refractivity (Wildman–Crippen MR) is 45.7 cm³/mol. The lowest BCUT2D eigenvalue weighted by atomic mass is 9.79. The van der Waals surface area contributed by atoms with Crippen LogP contribution in [0, 0.1) is 11.3 Å². The van der Waals surface area contributed by atoms with Gasteiger partial charge in [-0.05, 0) is 43.9 Å². The maximum absolute atomic E-state index is 11.0. The zero-order valence-electron chi connectivity index (χ0n) is 7.55. The fraction of sp³-hybridized carbons (Fsp3) is 0.900. The number of rotatable bonds is 2. The van der Waals surface area contributed by atoms with Crippen molar-refractivity contribution in [2.24, 2.45) is 11.3 Å². The average Bonchev–Trinajstić information content (AvgIpc) is 2.41. The highest BCUT2D eigenvalue weighted by molar-refractivity contribution is 5.76. The van der Waals surface area contributed by atoms with Crippen LogP contribution < -0.4 is 0 Å². The molecule has 0 amide bonds. The molecule has 0 saturated heterocycles. The molecule has 2 aliphatic rings. The van der Waals surface area contributed by atoms with Crippen LogP contribution in [0.25, 0.3) is 0 Å². The van der Waals surface area contributed by atoms with Crippen LogP contribution in [0.4, 0.5) is 0 Å². The molecule has 68 valence electrons. The molecule has 2 rings (SSSR count). The van der Waals surface area contributed by atoms with Gasteiger partial charge in [-0.3, -0.25) is 0 Å². The first-order chi connectivity index (χ1) is 5.61. The molecule has 2 nitrogen and oxygen atoms in total. The van der Waals surface area contributed by atoms with Crippen LogP contribution in [0.2, 0.25) is 0 Å². The summed E-state index contributed by atoms with van der Waals surface area (Å²) in [6.07, 6.45) is 4.84. The van der Waals surface area contributed by atoms with Crippen molar-refractivity contribution in [3.05, 3.63) is 0 Å². The normalized spacial score (nSPS) is 45.2. The lowest BCUT2D eigenvalue weighted by Gasteiger charge is -2.26. The number of hydrogen-bond donors (Lipinski definition) is 1. The zero-order valence-corrected chi connectivity index (χ0v) is 7.55. The van der Waals surface area contributed by atoms with Gasteiger partial charge in [0.1, 0.15) is 5.78 Å². The van der Waals surface area contributed by atoms with E-state index in [0.29, 0.717) is 12.3 Å². The Bertz CT molecular complexity index is 208. The number of carbonyl (C=O) groups is 1. The van der Waals surface area contributed by atoms with E-state index in [4.69, 9.17) is 0 Å². The fourth-order valence-electron chi connectivity index (χ4n) is 3.14. The van der Waals surface area contributed by atoms with Crippen molar-refractivity contribution in [1.29, 1.82) is 0 Å². The van der Waals surface area contributed by atoms with Crippen molar-refractivity contribution in [1.82, 2.24) is 0 Å². The number of carbonyl (C=O) groups excluding carboxylic acids is 1. The standard InChI is InChI=1S/C10H16O2/c1-7(11)4-10-3-2-8(5-10)9(12)6-10/h8-9,12H,2-6H2,1H3. The van der Waals surface area contributed by atoms with Crippen molar-refractivity contribution >= 4 is 5.78 Å². The number of aliphatic hydroxyl groups is 1. The lowest BCUT2D eigenvalue weighted by molar-refractivity contribution is -0.119. The van der Waals surface area contributed by atoms with Gasteiger partial charge in [0, 0.05) is 6.42 Å². The summed E-state index contributed by atoms with van der Waals surface area (Å²) in [5.41, 5.74) is 0.204. The highest BCUT2D eigenvalue weighted by Crippen LogP contribution is 2.56. The summed E-state index contributed by atoms with van der Waals surface area (Å²) in [6.45, 7) is 1.66. The molecule has 0 aromatic rings. The van der Waals surface area contributed by atoms with Gasteiger partial charge in [-0.1, -0.05) is 0 Å². The molecule has 2 heteroatoms. The molecule has 0 spiro atoms. The van der Waals surface area contributed by atoms with Crippen LogP contribution in [0.5, 0.6) is 0 Å². The van der Waals surface area contributed by atoms with Crippen molar-refractivity contribution < 1.29 is 9.90 Å². The third kappa shape index (κ3) is 1.18. The van der Waals surface area contributed by atoms with Crippen LogP contribution in [0.1, 0.15) is 39.0 Å². The van der Waals surface area contributed by atoms with E-state index < -0.39 is 0 Å². The van der Waals surface area contributed by atoms with Gasteiger partial charge in [0.05, 0.1) is 6.10 Å². The molecule has 1 N–H and O–H groups in total. The van der Waals surface area contributed by atoms with Gasteiger partial charge in [-0.15, -0.1) is 0 Å². The van der Waals surface area contributed by atoms with Gasteiger partial charge < -0.3 is 9.90 Å². The Hall–Kier alpha value is -0.370. The third-order valence-corrected chi connectivity index (χ3v) is 3.55. The highest BCUT2D eigenvalue weighted by Gasteiger charge is 2.50. The summed E-state index contributed by atoms with van der Waals surface area (Å²) in [6, 6.07) is 0. The van der Waals surface area contributed by atoms with Crippen LogP contribution in [-0.2, 0) is 4.79 Å². The van der Waals surface area contributed by atoms with Crippen molar-refractivity contribution in [3.8, 4) is 0 Å². The van der Waals surface area contributed by atoms with Gasteiger partial charge in [0.15, 0.2) is 0 Å². The second-order valence-corrected chi connectivity index (χ2v) is 4.65.